The maximum atomic E-state index is 9.07. The molecule has 1 aromatic carbocycles. The fraction of sp³-hybridized carbons (Fsp3) is 0.455. The van der Waals surface area contributed by atoms with Crippen LogP contribution in [0, 0.1) is 0 Å². The number of halogens is 1. The number of nitrogens with one attached hydrogen (secondary N) is 1. The van der Waals surface area contributed by atoms with E-state index >= 15 is 0 Å². The SMILES string of the molecule is Oc1ccc(CNCCOCCCl)cc1. The monoisotopic (exact) mass is 229 g/mol. The van der Waals surface area contributed by atoms with Gasteiger partial charge in [0.1, 0.15) is 5.75 Å². The van der Waals surface area contributed by atoms with Gasteiger partial charge in [0.05, 0.1) is 13.2 Å². The molecular weight excluding hydrogens is 214 g/mol. The number of hydrogen-bond acceptors (Lipinski definition) is 3. The van der Waals surface area contributed by atoms with Crippen LogP contribution in [0.1, 0.15) is 5.56 Å². The summed E-state index contributed by atoms with van der Waals surface area (Å²) in [6.45, 7) is 2.86. The third-order valence-electron chi connectivity index (χ3n) is 1.91. The number of phenols is 1. The van der Waals surface area contributed by atoms with Crippen molar-refractivity contribution in [2.45, 2.75) is 6.54 Å². The lowest BCUT2D eigenvalue weighted by Crippen LogP contribution is -2.19. The molecule has 0 aliphatic rings. The maximum Gasteiger partial charge on any atom is 0.115 e. The predicted molar refractivity (Wildman–Crippen MR) is 61.4 cm³/mol. The molecule has 0 heterocycles. The first-order valence-corrected chi connectivity index (χ1v) is 5.48. The van der Waals surface area contributed by atoms with Crippen molar-refractivity contribution >= 4 is 11.6 Å². The Balaban J connectivity index is 2.07. The number of aromatic hydroxyl groups is 1. The summed E-state index contributed by atoms with van der Waals surface area (Å²) < 4.78 is 5.21. The van der Waals surface area contributed by atoms with Crippen LogP contribution < -0.4 is 5.32 Å². The Morgan fingerprint density at radius 1 is 1.20 bits per heavy atom. The summed E-state index contributed by atoms with van der Waals surface area (Å²) in [7, 11) is 0. The van der Waals surface area contributed by atoms with Crippen LogP contribution in [0.25, 0.3) is 0 Å². The van der Waals surface area contributed by atoms with Crippen molar-refractivity contribution in [2.75, 3.05) is 25.6 Å². The second-order valence-corrected chi connectivity index (χ2v) is 3.52. The smallest absolute Gasteiger partial charge is 0.115 e. The second-order valence-electron chi connectivity index (χ2n) is 3.14. The van der Waals surface area contributed by atoms with Gasteiger partial charge in [-0.15, -0.1) is 11.6 Å². The molecule has 0 bridgehead atoms. The van der Waals surface area contributed by atoms with E-state index in [0.29, 0.717) is 24.8 Å². The molecule has 1 aromatic rings. The molecule has 0 spiro atoms. The molecule has 0 aliphatic heterocycles. The van der Waals surface area contributed by atoms with Crippen LogP contribution in [-0.4, -0.2) is 30.7 Å². The molecule has 0 radical (unpaired) electrons. The lowest BCUT2D eigenvalue weighted by atomic mass is 10.2. The van der Waals surface area contributed by atoms with Gasteiger partial charge in [0.25, 0.3) is 0 Å². The summed E-state index contributed by atoms with van der Waals surface area (Å²) in [5.41, 5.74) is 1.14. The third-order valence-corrected chi connectivity index (χ3v) is 2.06. The van der Waals surface area contributed by atoms with E-state index in [1.54, 1.807) is 12.1 Å². The standard InChI is InChI=1S/C11H16ClNO2/c12-5-7-15-8-6-13-9-10-1-3-11(14)4-2-10/h1-4,13-14H,5-9H2. The lowest BCUT2D eigenvalue weighted by Gasteiger charge is -2.05. The van der Waals surface area contributed by atoms with E-state index in [1.165, 1.54) is 0 Å². The Bertz CT molecular complexity index is 264. The fourth-order valence-electron chi connectivity index (χ4n) is 1.15. The van der Waals surface area contributed by atoms with Gasteiger partial charge in [0, 0.05) is 19.0 Å². The van der Waals surface area contributed by atoms with Crippen molar-refractivity contribution in [2.24, 2.45) is 0 Å². The number of ether oxygens (including phenoxy) is 1. The molecule has 0 unspecified atom stereocenters. The summed E-state index contributed by atoms with van der Waals surface area (Å²) in [4.78, 5) is 0. The van der Waals surface area contributed by atoms with Gasteiger partial charge < -0.3 is 15.2 Å². The van der Waals surface area contributed by atoms with Gasteiger partial charge in [-0.05, 0) is 17.7 Å². The van der Waals surface area contributed by atoms with Crippen LogP contribution in [0.2, 0.25) is 0 Å². The van der Waals surface area contributed by atoms with Crippen molar-refractivity contribution in [1.82, 2.24) is 5.32 Å². The fourth-order valence-corrected chi connectivity index (χ4v) is 1.26. The molecule has 0 aromatic heterocycles. The Labute approximate surface area is 95.0 Å². The van der Waals surface area contributed by atoms with E-state index in [2.05, 4.69) is 5.32 Å². The van der Waals surface area contributed by atoms with E-state index in [0.717, 1.165) is 18.7 Å². The number of rotatable bonds is 7. The first-order chi connectivity index (χ1) is 7.33. The van der Waals surface area contributed by atoms with E-state index in [1.807, 2.05) is 12.1 Å². The van der Waals surface area contributed by atoms with Gasteiger partial charge in [-0.25, -0.2) is 0 Å². The molecule has 0 saturated heterocycles. The highest BCUT2D eigenvalue weighted by Crippen LogP contribution is 2.08. The van der Waals surface area contributed by atoms with Crippen molar-refractivity contribution in [3.05, 3.63) is 29.8 Å². The molecule has 84 valence electrons. The van der Waals surface area contributed by atoms with Crippen LogP contribution in [0.15, 0.2) is 24.3 Å². The normalized spacial score (nSPS) is 10.5. The minimum absolute atomic E-state index is 0.296. The van der Waals surface area contributed by atoms with Crippen LogP contribution in [-0.2, 0) is 11.3 Å². The van der Waals surface area contributed by atoms with Gasteiger partial charge in [-0.1, -0.05) is 12.1 Å². The zero-order valence-corrected chi connectivity index (χ0v) is 9.33. The van der Waals surface area contributed by atoms with Crippen LogP contribution in [0.5, 0.6) is 5.75 Å². The number of phenolic OH excluding ortho intramolecular Hbond substituents is 1. The van der Waals surface area contributed by atoms with E-state index < -0.39 is 0 Å². The molecule has 0 amide bonds. The molecule has 3 nitrogen and oxygen atoms in total. The molecule has 0 saturated carbocycles. The molecule has 0 atom stereocenters. The van der Waals surface area contributed by atoms with Crippen molar-refractivity contribution in [1.29, 1.82) is 0 Å². The van der Waals surface area contributed by atoms with Gasteiger partial charge in [-0.3, -0.25) is 0 Å². The highest BCUT2D eigenvalue weighted by atomic mass is 35.5. The van der Waals surface area contributed by atoms with Crippen molar-refractivity contribution in [3.8, 4) is 5.75 Å². The quantitative estimate of drug-likeness (QED) is 0.553. The van der Waals surface area contributed by atoms with Crippen LogP contribution in [0.3, 0.4) is 0 Å². The van der Waals surface area contributed by atoms with E-state index in [-0.39, 0.29) is 0 Å². The average molecular weight is 230 g/mol. The van der Waals surface area contributed by atoms with E-state index in [9.17, 15) is 0 Å². The Morgan fingerprint density at radius 2 is 1.93 bits per heavy atom. The lowest BCUT2D eigenvalue weighted by molar-refractivity contribution is 0.151. The zero-order valence-electron chi connectivity index (χ0n) is 8.58. The molecule has 1 rings (SSSR count). The summed E-state index contributed by atoms with van der Waals surface area (Å²) in [5.74, 6) is 0.835. The Kier molecular flexibility index (Phi) is 6.16. The molecular formula is C11H16ClNO2. The molecule has 2 N–H and O–H groups in total. The molecule has 15 heavy (non-hydrogen) atoms. The average Bonchev–Trinajstić information content (AvgIpc) is 2.26. The molecule has 0 aliphatic carbocycles. The largest absolute Gasteiger partial charge is 0.508 e. The maximum absolute atomic E-state index is 9.07. The molecule has 0 fully saturated rings. The minimum Gasteiger partial charge on any atom is -0.508 e. The third kappa shape index (κ3) is 5.62. The van der Waals surface area contributed by atoms with E-state index in [4.69, 9.17) is 21.4 Å². The summed E-state index contributed by atoms with van der Waals surface area (Å²) in [5, 5.41) is 12.3. The molecule has 4 heteroatoms. The van der Waals surface area contributed by atoms with Gasteiger partial charge in [0.2, 0.25) is 0 Å². The summed E-state index contributed by atoms with van der Waals surface area (Å²) in [6.07, 6.45) is 0. The summed E-state index contributed by atoms with van der Waals surface area (Å²) in [6, 6.07) is 7.14. The first-order valence-electron chi connectivity index (χ1n) is 4.95. The number of hydrogen-bond donors (Lipinski definition) is 2. The minimum atomic E-state index is 0.296. The number of benzene rings is 1. The Morgan fingerprint density at radius 3 is 2.60 bits per heavy atom. The number of alkyl halides is 1. The predicted octanol–water partition coefficient (Wildman–Crippen LogP) is 1.74. The van der Waals surface area contributed by atoms with Crippen molar-refractivity contribution in [3.63, 3.8) is 0 Å². The first kappa shape index (κ1) is 12.3. The zero-order chi connectivity index (χ0) is 10.9. The highest BCUT2D eigenvalue weighted by molar-refractivity contribution is 6.17. The van der Waals surface area contributed by atoms with Crippen LogP contribution >= 0.6 is 11.6 Å². The second kappa shape index (κ2) is 7.51. The van der Waals surface area contributed by atoms with Gasteiger partial charge >= 0.3 is 0 Å². The van der Waals surface area contributed by atoms with Gasteiger partial charge in [-0.2, -0.15) is 0 Å². The van der Waals surface area contributed by atoms with Gasteiger partial charge in [0.15, 0.2) is 0 Å². The summed E-state index contributed by atoms with van der Waals surface area (Å²) >= 11 is 5.46. The van der Waals surface area contributed by atoms with Crippen molar-refractivity contribution < 1.29 is 9.84 Å². The van der Waals surface area contributed by atoms with Crippen LogP contribution in [0.4, 0.5) is 0 Å². The topological polar surface area (TPSA) is 41.5 Å². The highest BCUT2D eigenvalue weighted by Gasteiger charge is 1.93. The Hall–Kier alpha value is -0.770.